The molecular formula is C16H20N4O3S. The van der Waals surface area contributed by atoms with Crippen molar-refractivity contribution >= 4 is 23.2 Å². The van der Waals surface area contributed by atoms with Gasteiger partial charge in [-0.3, -0.25) is 14.3 Å². The van der Waals surface area contributed by atoms with E-state index < -0.39 is 5.97 Å². The van der Waals surface area contributed by atoms with E-state index in [-0.39, 0.29) is 18.4 Å². The zero-order valence-corrected chi connectivity index (χ0v) is 14.3. The molecule has 3 heterocycles. The highest BCUT2D eigenvalue weighted by atomic mass is 32.1. The van der Waals surface area contributed by atoms with Gasteiger partial charge in [-0.15, -0.1) is 11.3 Å². The van der Waals surface area contributed by atoms with Crippen LogP contribution in [0.15, 0.2) is 17.6 Å². The Bertz CT molecular complexity index is 739. The fourth-order valence-electron chi connectivity index (χ4n) is 3.15. The lowest BCUT2D eigenvalue weighted by Crippen LogP contribution is -2.40. The number of hydrogen-bond donors (Lipinski definition) is 1. The second kappa shape index (κ2) is 7.12. The third-order valence-electron chi connectivity index (χ3n) is 4.23. The van der Waals surface area contributed by atoms with Gasteiger partial charge in [0.1, 0.15) is 6.54 Å². The van der Waals surface area contributed by atoms with Gasteiger partial charge in [-0.05, 0) is 25.8 Å². The van der Waals surface area contributed by atoms with Crippen LogP contribution in [0, 0.1) is 6.92 Å². The summed E-state index contributed by atoms with van der Waals surface area (Å²) in [5.74, 6) is -0.710. The molecule has 1 atom stereocenters. The van der Waals surface area contributed by atoms with Crippen molar-refractivity contribution < 1.29 is 14.7 Å². The van der Waals surface area contributed by atoms with Crippen LogP contribution in [0.5, 0.6) is 0 Å². The molecule has 1 fully saturated rings. The molecule has 3 rings (SSSR count). The van der Waals surface area contributed by atoms with Gasteiger partial charge in [-0.1, -0.05) is 0 Å². The Morgan fingerprint density at radius 1 is 1.46 bits per heavy atom. The normalized spacial score (nSPS) is 17.9. The van der Waals surface area contributed by atoms with Crippen molar-refractivity contribution in [3.63, 3.8) is 0 Å². The number of hydrogen-bond acceptors (Lipinski definition) is 5. The number of carbonyl (C=O) groups excluding carboxylic acids is 1. The minimum Gasteiger partial charge on any atom is -0.480 e. The van der Waals surface area contributed by atoms with Crippen LogP contribution in [-0.2, 0) is 22.6 Å². The van der Waals surface area contributed by atoms with Crippen molar-refractivity contribution in [2.45, 2.75) is 38.6 Å². The van der Waals surface area contributed by atoms with Crippen molar-refractivity contribution in [3.8, 4) is 0 Å². The Morgan fingerprint density at radius 3 is 3.00 bits per heavy atom. The first-order chi connectivity index (χ1) is 11.5. The van der Waals surface area contributed by atoms with Crippen LogP contribution in [0.3, 0.4) is 0 Å². The second-order valence-corrected chi connectivity index (χ2v) is 7.08. The lowest BCUT2D eigenvalue weighted by Gasteiger charge is -2.33. The third kappa shape index (κ3) is 3.81. The molecule has 1 aliphatic heterocycles. The summed E-state index contributed by atoms with van der Waals surface area (Å²) in [6.07, 6.45) is 3.79. The number of amides is 1. The Kier molecular flexibility index (Phi) is 4.94. The van der Waals surface area contributed by atoms with Crippen molar-refractivity contribution in [2.24, 2.45) is 0 Å². The number of rotatable bonds is 5. The van der Waals surface area contributed by atoms with E-state index in [0.29, 0.717) is 13.0 Å². The molecule has 1 amide bonds. The lowest BCUT2D eigenvalue weighted by atomic mass is 9.94. The number of aromatic nitrogens is 3. The van der Waals surface area contributed by atoms with Crippen LogP contribution in [0.4, 0.5) is 0 Å². The first-order valence-electron chi connectivity index (χ1n) is 7.95. The highest BCUT2D eigenvalue weighted by molar-refractivity contribution is 7.09. The molecule has 8 heteroatoms. The largest absolute Gasteiger partial charge is 0.480 e. The molecule has 0 aromatic carbocycles. The number of carbonyl (C=O) groups is 2. The first kappa shape index (κ1) is 16.6. The van der Waals surface area contributed by atoms with Gasteiger partial charge in [-0.25, -0.2) is 4.98 Å². The standard InChI is InChI=1S/C16H20N4O3S/c1-11-18-13(10-24-11)7-15(21)19-6-2-3-12(8-19)14-4-5-17-20(14)9-16(22)23/h4-5,10,12H,2-3,6-9H2,1H3,(H,22,23). The molecule has 1 saturated heterocycles. The lowest BCUT2D eigenvalue weighted by molar-refractivity contribution is -0.138. The number of piperidine rings is 1. The third-order valence-corrected chi connectivity index (χ3v) is 5.05. The van der Waals surface area contributed by atoms with E-state index in [4.69, 9.17) is 5.11 Å². The van der Waals surface area contributed by atoms with Gasteiger partial charge in [0.2, 0.25) is 5.91 Å². The molecule has 1 N–H and O–H groups in total. The average Bonchev–Trinajstić information content (AvgIpc) is 3.16. The van der Waals surface area contributed by atoms with Gasteiger partial charge in [0, 0.05) is 36.3 Å². The summed E-state index contributed by atoms with van der Waals surface area (Å²) in [5, 5.41) is 16.0. The average molecular weight is 348 g/mol. The molecule has 1 unspecified atom stereocenters. The van der Waals surface area contributed by atoms with E-state index in [9.17, 15) is 9.59 Å². The summed E-state index contributed by atoms with van der Waals surface area (Å²) in [5.41, 5.74) is 1.71. The molecule has 0 bridgehead atoms. The second-order valence-electron chi connectivity index (χ2n) is 6.02. The molecule has 0 aliphatic carbocycles. The minimum absolute atomic E-state index is 0.0781. The monoisotopic (exact) mass is 348 g/mol. The van der Waals surface area contributed by atoms with E-state index in [1.54, 1.807) is 17.5 Å². The van der Waals surface area contributed by atoms with Crippen LogP contribution >= 0.6 is 11.3 Å². The minimum atomic E-state index is -0.914. The van der Waals surface area contributed by atoms with E-state index in [1.165, 1.54) is 4.68 Å². The Balaban J connectivity index is 1.67. The van der Waals surface area contributed by atoms with Crippen LogP contribution in [0.1, 0.15) is 35.2 Å². The molecule has 128 valence electrons. The van der Waals surface area contributed by atoms with Gasteiger partial charge in [0.15, 0.2) is 0 Å². The van der Waals surface area contributed by atoms with E-state index in [0.717, 1.165) is 35.8 Å². The summed E-state index contributed by atoms with van der Waals surface area (Å²) in [6, 6.07) is 1.85. The molecule has 0 spiro atoms. The zero-order chi connectivity index (χ0) is 17.1. The highest BCUT2D eigenvalue weighted by Gasteiger charge is 2.27. The van der Waals surface area contributed by atoms with Gasteiger partial charge < -0.3 is 10.0 Å². The van der Waals surface area contributed by atoms with E-state index >= 15 is 0 Å². The SMILES string of the molecule is Cc1nc(CC(=O)N2CCCC(c3ccnn3CC(=O)O)C2)cs1. The molecule has 0 radical (unpaired) electrons. The summed E-state index contributed by atoms with van der Waals surface area (Å²) < 4.78 is 1.52. The van der Waals surface area contributed by atoms with Gasteiger partial charge in [0.25, 0.3) is 0 Å². The maximum absolute atomic E-state index is 12.5. The number of nitrogens with zero attached hydrogens (tertiary/aromatic N) is 4. The van der Waals surface area contributed by atoms with Crippen LogP contribution in [0.25, 0.3) is 0 Å². The quantitative estimate of drug-likeness (QED) is 0.888. The number of carboxylic acid groups (broad SMARTS) is 1. The Morgan fingerprint density at radius 2 is 2.29 bits per heavy atom. The zero-order valence-electron chi connectivity index (χ0n) is 13.5. The number of carboxylic acids is 1. The fourth-order valence-corrected chi connectivity index (χ4v) is 3.76. The number of aliphatic carboxylic acids is 1. The van der Waals surface area contributed by atoms with E-state index in [1.807, 2.05) is 23.3 Å². The summed E-state index contributed by atoms with van der Waals surface area (Å²) >= 11 is 1.55. The van der Waals surface area contributed by atoms with Crippen LogP contribution in [-0.4, -0.2) is 49.7 Å². The van der Waals surface area contributed by atoms with Crippen LogP contribution in [0.2, 0.25) is 0 Å². The molecule has 1 aliphatic rings. The number of aryl methyl sites for hydroxylation is 1. The highest BCUT2D eigenvalue weighted by Crippen LogP contribution is 2.27. The smallest absolute Gasteiger partial charge is 0.325 e. The Hall–Kier alpha value is -2.22. The summed E-state index contributed by atoms with van der Waals surface area (Å²) in [6.45, 7) is 3.13. The van der Waals surface area contributed by atoms with Crippen LogP contribution < -0.4 is 0 Å². The predicted octanol–water partition coefficient (Wildman–Crippen LogP) is 1.68. The summed E-state index contributed by atoms with van der Waals surface area (Å²) in [4.78, 5) is 29.7. The van der Waals surface area contributed by atoms with Crippen molar-refractivity contribution in [1.82, 2.24) is 19.7 Å². The molecule has 7 nitrogen and oxygen atoms in total. The molecule has 0 saturated carbocycles. The van der Waals surface area contributed by atoms with E-state index in [2.05, 4.69) is 10.1 Å². The topological polar surface area (TPSA) is 88.3 Å². The Labute approximate surface area is 143 Å². The van der Waals surface area contributed by atoms with Gasteiger partial charge in [0.05, 0.1) is 17.1 Å². The molecule has 24 heavy (non-hydrogen) atoms. The molecule has 2 aromatic rings. The van der Waals surface area contributed by atoms with Gasteiger partial charge >= 0.3 is 5.97 Å². The number of likely N-dealkylation sites (tertiary alicyclic amines) is 1. The molecule has 2 aromatic heterocycles. The first-order valence-corrected chi connectivity index (χ1v) is 8.83. The van der Waals surface area contributed by atoms with Gasteiger partial charge in [-0.2, -0.15) is 5.10 Å². The molecular weight excluding hydrogens is 328 g/mol. The van der Waals surface area contributed by atoms with Crippen molar-refractivity contribution in [3.05, 3.63) is 34.0 Å². The maximum atomic E-state index is 12.5. The fraction of sp³-hybridized carbons (Fsp3) is 0.500. The predicted molar refractivity (Wildman–Crippen MR) is 89.0 cm³/mol. The summed E-state index contributed by atoms with van der Waals surface area (Å²) in [7, 11) is 0. The van der Waals surface area contributed by atoms with Crippen molar-refractivity contribution in [1.29, 1.82) is 0 Å². The number of thiazole rings is 1. The van der Waals surface area contributed by atoms with Crippen molar-refractivity contribution in [2.75, 3.05) is 13.1 Å². The maximum Gasteiger partial charge on any atom is 0.325 e.